The molecule has 0 aliphatic carbocycles. The molecule has 1 unspecified atom stereocenters. The first-order chi connectivity index (χ1) is 9.96. The van der Waals surface area contributed by atoms with E-state index in [-0.39, 0.29) is 12.3 Å². The summed E-state index contributed by atoms with van der Waals surface area (Å²) in [5, 5.41) is 23.7. The van der Waals surface area contributed by atoms with Crippen molar-refractivity contribution in [3.8, 4) is 0 Å². The molecule has 1 heterocycles. The van der Waals surface area contributed by atoms with Crippen LogP contribution in [-0.2, 0) is 5.54 Å². The molecule has 0 saturated carbocycles. The summed E-state index contributed by atoms with van der Waals surface area (Å²) < 4.78 is 0. The lowest BCUT2D eigenvalue weighted by atomic mass is 9.93. The van der Waals surface area contributed by atoms with Gasteiger partial charge in [0, 0.05) is 5.56 Å². The zero-order valence-electron chi connectivity index (χ0n) is 11.9. The number of hydrogen-bond donors (Lipinski definition) is 2. The van der Waals surface area contributed by atoms with Gasteiger partial charge in [-0.25, -0.2) is 4.98 Å². The number of hydrogen-bond acceptors (Lipinski definition) is 5. The number of anilines is 1. The molecule has 0 radical (unpaired) electrons. The maximum atomic E-state index is 10.8. The summed E-state index contributed by atoms with van der Waals surface area (Å²) in [6.45, 7) is 3.37. The monoisotopic (exact) mass is 287 g/mol. The molecule has 6 nitrogen and oxygen atoms in total. The molecule has 6 heteroatoms. The van der Waals surface area contributed by atoms with Crippen molar-refractivity contribution in [2.75, 3.05) is 11.9 Å². The van der Waals surface area contributed by atoms with Crippen LogP contribution < -0.4 is 5.32 Å². The molecule has 0 saturated heterocycles. The van der Waals surface area contributed by atoms with Gasteiger partial charge in [0.25, 0.3) is 5.69 Å². The molecule has 2 aromatic rings. The summed E-state index contributed by atoms with van der Waals surface area (Å²) in [7, 11) is 0. The molecule has 0 spiro atoms. The molecule has 0 aliphatic rings. The molecule has 0 amide bonds. The highest BCUT2D eigenvalue weighted by Crippen LogP contribution is 2.26. The van der Waals surface area contributed by atoms with E-state index in [1.807, 2.05) is 37.3 Å². The van der Waals surface area contributed by atoms with Gasteiger partial charge in [-0.1, -0.05) is 30.3 Å². The van der Waals surface area contributed by atoms with Crippen molar-refractivity contribution in [2.45, 2.75) is 19.4 Å². The molecule has 21 heavy (non-hydrogen) atoms. The molecule has 2 rings (SSSR count). The van der Waals surface area contributed by atoms with Crippen LogP contribution in [0.1, 0.15) is 18.1 Å². The Kier molecular flexibility index (Phi) is 4.18. The van der Waals surface area contributed by atoms with Crippen LogP contribution in [0.2, 0.25) is 0 Å². The largest absolute Gasteiger partial charge is 0.394 e. The molecular weight excluding hydrogens is 270 g/mol. The summed E-state index contributed by atoms with van der Waals surface area (Å²) in [6.07, 6.45) is 1.22. The van der Waals surface area contributed by atoms with E-state index in [9.17, 15) is 15.2 Å². The van der Waals surface area contributed by atoms with Crippen LogP contribution in [0.15, 0.2) is 42.6 Å². The number of aliphatic hydroxyl groups is 1. The minimum atomic E-state index is -0.711. The van der Waals surface area contributed by atoms with Gasteiger partial charge in [-0.2, -0.15) is 0 Å². The summed E-state index contributed by atoms with van der Waals surface area (Å²) in [4.78, 5) is 14.4. The van der Waals surface area contributed by atoms with Gasteiger partial charge in [0.15, 0.2) is 0 Å². The Morgan fingerprint density at radius 1 is 1.38 bits per heavy atom. The van der Waals surface area contributed by atoms with Gasteiger partial charge in [0.1, 0.15) is 12.0 Å². The van der Waals surface area contributed by atoms with E-state index in [0.717, 1.165) is 5.56 Å². The van der Waals surface area contributed by atoms with Gasteiger partial charge in [0.2, 0.25) is 0 Å². The van der Waals surface area contributed by atoms with Crippen LogP contribution in [0.4, 0.5) is 11.5 Å². The van der Waals surface area contributed by atoms with E-state index in [1.54, 1.807) is 13.0 Å². The van der Waals surface area contributed by atoms with Crippen molar-refractivity contribution in [3.05, 3.63) is 63.8 Å². The second-order valence-corrected chi connectivity index (χ2v) is 5.09. The third kappa shape index (κ3) is 3.17. The van der Waals surface area contributed by atoms with E-state index in [2.05, 4.69) is 10.3 Å². The lowest BCUT2D eigenvalue weighted by molar-refractivity contribution is -0.385. The number of nitrogens with zero attached hydrogens (tertiary/aromatic N) is 2. The smallest absolute Gasteiger partial charge is 0.290 e. The van der Waals surface area contributed by atoms with Crippen molar-refractivity contribution in [1.82, 2.24) is 4.98 Å². The van der Waals surface area contributed by atoms with Crippen LogP contribution in [0.3, 0.4) is 0 Å². The normalized spacial score (nSPS) is 13.5. The van der Waals surface area contributed by atoms with Gasteiger partial charge in [0.05, 0.1) is 17.1 Å². The Labute approximate surface area is 122 Å². The van der Waals surface area contributed by atoms with Gasteiger partial charge < -0.3 is 10.4 Å². The average molecular weight is 287 g/mol. The number of rotatable bonds is 5. The maximum absolute atomic E-state index is 10.8. The summed E-state index contributed by atoms with van der Waals surface area (Å²) in [6, 6.07) is 11.1. The summed E-state index contributed by atoms with van der Waals surface area (Å²) in [5.41, 5.74) is 0.693. The van der Waals surface area contributed by atoms with Crippen molar-refractivity contribution >= 4 is 11.5 Å². The van der Waals surface area contributed by atoms with E-state index >= 15 is 0 Å². The number of aromatic nitrogens is 1. The number of benzene rings is 1. The minimum Gasteiger partial charge on any atom is -0.394 e. The van der Waals surface area contributed by atoms with Crippen LogP contribution in [0.5, 0.6) is 0 Å². The van der Waals surface area contributed by atoms with E-state index in [0.29, 0.717) is 11.4 Å². The molecule has 0 fully saturated rings. The predicted molar refractivity (Wildman–Crippen MR) is 80.1 cm³/mol. The van der Waals surface area contributed by atoms with Crippen LogP contribution >= 0.6 is 0 Å². The van der Waals surface area contributed by atoms with Gasteiger partial charge in [-0.15, -0.1) is 0 Å². The lowest BCUT2D eigenvalue weighted by Crippen LogP contribution is -2.36. The highest BCUT2D eigenvalue weighted by Gasteiger charge is 2.26. The first-order valence-electron chi connectivity index (χ1n) is 6.52. The molecular formula is C15H17N3O3. The topological polar surface area (TPSA) is 88.3 Å². The zero-order chi connectivity index (χ0) is 15.5. The first kappa shape index (κ1) is 14.9. The summed E-state index contributed by atoms with van der Waals surface area (Å²) >= 11 is 0. The first-order valence-corrected chi connectivity index (χ1v) is 6.52. The van der Waals surface area contributed by atoms with Gasteiger partial charge in [-0.05, 0) is 25.5 Å². The predicted octanol–water partition coefficient (Wildman–Crippen LogP) is 2.62. The highest BCUT2D eigenvalue weighted by molar-refractivity contribution is 5.49. The van der Waals surface area contributed by atoms with Crippen molar-refractivity contribution in [2.24, 2.45) is 0 Å². The van der Waals surface area contributed by atoms with Crippen LogP contribution in [0, 0.1) is 17.0 Å². The number of nitro groups is 1. The minimum absolute atomic E-state index is 0.0223. The third-order valence-corrected chi connectivity index (χ3v) is 3.41. The standard InChI is InChI=1S/C15H17N3O3/c1-11-8-14(16-9-13(11)18(20)21)17-15(2,10-19)12-6-4-3-5-7-12/h3-9,19H,10H2,1-2H3,(H,16,17). The molecule has 1 aromatic carbocycles. The Bertz CT molecular complexity index is 646. The number of pyridine rings is 1. The fourth-order valence-electron chi connectivity index (χ4n) is 2.10. The lowest BCUT2D eigenvalue weighted by Gasteiger charge is -2.30. The van der Waals surface area contributed by atoms with Crippen molar-refractivity contribution < 1.29 is 10.0 Å². The maximum Gasteiger partial charge on any atom is 0.290 e. The second kappa shape index (κ2) is 5.88. The van der Waals surface area contributed by atoms with Gasteiger partial charge in [-0.3, -0.25) is 10.1 Å². The Morgan fingerprint density at radius 2 is 2.05 bits per heavy atom. The van der Waals surface area contributed by atoms with E-state index < -0.39 is 10.5 Å². The highest BCUT2D eigenvalue weighted by atomic mass is 16.6. The molecule has 1 atom stereocenters. The number of nitrogens with one attached hydrogen (secondary N) is 1. The van der Waals surface area contributed by atoms with Crippen LogP contribution in [0.25, 0.3) is 0 Å². The molecule has 0 aliphatic heterocycles. The number of aryl methyl sites for hydroxylation is 1. The molecule has 0 bridgehead atoms. The fourth-order valence-corrected chi connectivity index (χ4v) is 2.10. The van der Waals surface area contributed by atoms with Crippen molar-refractivity contribution in [3.63, 3.8) is 0 Å². The molecule has 110 valence electrons. The Hall–Kier alpha value is -2.47. The Balaban J connectivity index is 2.31. The Morgan fingerprint density at radius 3 is 2.57 bits per heavy atom. The zero-order valence-corrected chi connectivity index (χ0v) is 11.9. The van der Waals surface area contributed by atoms with Crippen molar-refractivity contribution in [1.29, 1.82) is 0 Å². The quantitative estimate of drug-likeness (QED) is 0.652. The molecule has 1 aromatic heterocycles. The van der Waals surface area contributed by atoms with Crippen LogP contribution in [-0.4, -0.2) is 21.6 Å². The summed E-state index contributed by atoms with van der Waals surface area (Å²) in [5.74, 6) is 0.485. The average Bonchev–Trinajstić information content (AvgIpc) is 2.47. The van der Waals surface area contributed by atoms with E-state index in [4.69, 9.17) is 0 Å². The fraction of sp³-hybridized carbons (Fsp3) is 0.267. The SMILES string of the molecule is Cc1cc(NC(C)(CO)c2ccccc2)ncc1[N+](=O)[O-]. The second-order valence-electron chi connectivity index (χ2n) is 5.09. The van der Waals surface area contributed by atoms with E-state index in [1.165, 1.54) is 6.20 Å². The van der Waals surface area contributed by atoms with Gasteiger partial charge >= 0.3 is 0 Å². The number of aliphatic hydroxyl groups excluding tert-OH is 1. The third-order valence-electron chi connectivity index (χ3n) is 3.41. The molecule has 2 N–H and O–H groups in total.